The van der Waals surface area contributed by atoms with Crippen molar-refractivity contribution in [2.24, 2.45) is 5.41 Å². The van der Waals surface area contributed by atoms with Crippen LogP contribution in [0.5, 0.6) is 0 Å². The monoisotopic (exact) mass is 401 g/mol. The summed E-state index contributed by atoms with van der Waals surface area (Å²) in [6, 6.07) is 6.89. The van der Waals surface area contributed by atoms with Crippen LogP contribution in [0.15, 0.2) is 27.1 Å². The lowest BCUT2D eigenvalue weighted by atomic mass is 9.60. The van der Waals surface area contributed by atoms with Crippen molar-refractivity contribution in [2.45, 2.75) is 51.2 Å². The molecule has 4 heteroatoms. The van der Waals surface area contributed by atoms with Gasteiger partial charge in [-0.15, -0.1) is 0 Å². The number of benzene rings is 1. The average Bonchev–Trinajstić information content (AvgIpc) is 2.92. The van der Waals surface area contributed by atoms with Crippen molar-refractivity contribution < 1.29 is 4.74 Å². The zero-order chi connectivity index (χ0) is 14.2. The minimum absolute atomic E-state index is 0.378. The molecule has 2 atom stereocenters. The predicted molar refractivity (Wildman–Crippen MR) is 90.2 cm³/mol. The number of halogens is 2. The van der Waals surface area contributed by atoms with Crippen LogP contribution in [-0.4, -0.2) is 18.8 Å². The first-order valence-corrected chi connectivity index (χ1v) is 9.07. The number of hydrogen-bond acceptors (Lipinski definition) is 2. The summed E-state index contributed by atoms with van der Waals surface area (Å²) in [5, 5.41) is 3.75. The Morgan fingerprint density at radius 1 is 1.30 bits per heavy atom. The molecule has 20 heavy (non-hydrogen) atoms. The fourth-order valence-corrected chi connectivity index (χ4v) is 5.04. The van der Waals surface area contributed by atoms with E-state index in [9.17, 15) is 0 Å². The SMILES string of the molecule is CCOC1CC(Nc2ccc(Br)cc2Br)C12CCCC2. The fourth-order valence-electron chi connectivity index (χ4n) is 3.88. The van der Waals surface area contributed by atoms with E-state index in [1.165, 1.54) is 31.4 Å². The van der Waals surface area contributed by atoms with Gasteiger partial charge in [0.15, 0.2) is 0 Å². The predicted octanol–water partition coefficient (Wildman–Crippen LogP) is 5.36. The Labute approximate surface area is 137 Å². The van der Waals surface area contributed by atoms with Gasteiger partial charge in [0, 0.05) is 32.7 Å². The van der Waals surface area contributed by atoms with Gasteiger partial charge in [0.1, 0.15) is 0 Å². The van der Waals surface area contributed by atoms with Crippen molar-refractivity contribution >= 4 is 37.5 Å². The van der Waals surface area contributed by atoms with Gasteiger partial charge < -0.3 is 10.1 Å². The first kappa shape index (κ1) is 14.9. The van der Waals surface area contributed by atoms with Gasteiger partial charge >= 0.3 is 0 Å². The molecule has 2 saturated carbocycles. The molecule has 2 unspecified atom stereocenters. The smallest absolute Gasteiger partial charge is 0.0670 e. The van der Waals surface area contributed by atoms with E-state index in [1.54, 1.807) is 0 Å². The fraction of sp³-hybridized carbons (Fsp3) is 0.625. The van der Waals surface area contributed by atoms with Crippen LogP contribution in [0.3, 0.4) is 0 Å². The Morgan fingerprint density at radius 2 is 2.05 bits per heavy atom. The molecule has 1 aromatic carbocycles. The molecular weight excluding hydrogens is 382 g/mol. The van der Waals surface area contributed by atoms with Crippen LogP contribution < -0.4 is 5.32 Å². The Kier molecular flexibility index (Phi) is 4.44. The van der Waals surface area contributed by atoms with Gasteiger partial charge in [-0.1, -0.05) is 28.8 Å². The number of anilines is 1. The number of nitrogens with one attached hydrogen (secondary N) is 1. The van der Waals surface area contributed by atoms with E-state index in [1.807, 2.05) is 0 Å². The first-order chi connectivity index (χ1) is 9.65. The summed E-state index contributed by atoms with van der Waals surface area (Å²) < 4.78 is 8.20. The molecule has 3 rings (SSSR count). The van der Waals surface area contributed by atoms with Crippen molar-refractivity contribution in [3.63, 3.8) is 0 Å². The molecular formula is C16H21Br2NO. The van der Waals surface area contributed by atoms with E-state index >= 15 is 0 Å². The molecule has 1 N–H and O–H groups in total. The largest absolute Gasteiger partial charge is 0.381 e. The minimum Gasteiger partial charge on any atom is -0.381 e. The van der Waals surface area contributed by atoms with Crippen LogP contribution in [-0.2, 0) is 4.74 Å². The molecule has 0 radical (unpaired) electrons. The molecule has 1 spiro atoms. The Morgan fingerprint density at radius 3 is 2.70 bits per heavy atom. The second kappa shape index (κ2) is 5.98. The second-order valence-corrected chi connectivity index (χ2v) is 7.71. The molecule has 2 fully saturated rings. The molecule has 0 amide bonds. The molecule has 0 aromatic heterocycles. The topological polar surface area (TPSA) is 21.3 Å². The lowest BCUT2D eigenvalue weighted by Crippen LogP contribution is -2.60. The summed E-state index contributed by atoms with van der Waals surface area (Å²) in [5.41, 5.74) is 1.57. The average molecular weight is 403 g/mol. The van der Waals surface area contributed by atoms with E-state index in [2.05, 4.69) is 62.3 Å². The number of ether oxygens (including phenoxy) is 1. The van der Waals surface area contributed by atoms with Gasteiger partial charge in [-0.3, -0.25) is 0 Å². The van der Waals surface area contributed by atoms with E-state index < -0.39 is 0 Å². The molecule has 110 valence electrons. The van der Waals surface area contributed by atoms with Crippen LogP contribution in [0.4, 0.5) is 5.69 Å². The standard InChI is InChI=1S/C16H21Br2NO/c1-2-20-15-10-14(16(15)7-3-4-8-16)19-13-6-5-11(17)9-12(13)18/h5-6,9,14-15,19H,2-4,7-8,10H2,1H3. The molecule has 0 aliphatic heterocycles. The Hall–Kier alpha value is -0.0600. The van der Waals surface area contributed by atoms with Crippen molar-refractivity contribution in [3.05, 3.63) is 27.1 Å². The van der Waals surface area contributed by atoms with E-state index in [4.69, 9.17) is 4.74 Å². The van der Waals surface area contributed by atoms with Crippen LogP contribution >= 0.6 is 31.9 Å². The van der Waals surface area contributed by atoms with Crippen LogP contribution in [0, 0.1) is 5.41 Å². The zero-order valence-corrected chi connectivity index (χ0v) is 15.0. The Balaban J connectivity index is 1.74. The normalized spacial score (nSPS) is 27.6. The maximum atomic E-state index is 5.97. The van der Waals surface area contributed by atoms with Gasteiger partial charge in [0.25, 0.3) is 0 Å². The van der Waals surface area contributed by atoms with Gasteiger partial charge in [-0.2, -0.15) is 0 Å². The Bertz CT molecular complexity index is 485. The van der Waals surface area contributed by atoms with E-state index in [0.29, 0.717) is 17.6 Å². The summed E-state index contributed by atoms with van der Waals surface area (Å²) in [4.78, 5) is 0. The zero-order valence-electron chi connectivity index (χ0n) is 11.8. The van der Waals surface area contributed by atoms with E-state index in [0.717, 1.165) is 22.0 Å². The molecule has 0 saturated heterocycles. The molecule has 2 aliphatic rings. The molecule has 0 heterocycles. The van der Waals surface area contributed by atoms with Crippen molar-refractivity contribution in [2.75, 3.05) is 11.9 Å². The summed E-state index contributed by atoms with van der Waals surface area (Å²) in [7, 11) is 0. The third kappa shape index (κ3) is 2.55. The van der Waals surface area contributed by atoms with E-state index in [-0.39, 0.29) is 0 Å². The van der Waals surface area contributed by atoms with Crippen LogP contribution in [0.2, 0.25) is 0 Å². The van der Waals surface area contributed by atoms with Crippen molar-refractivity contribution in [1.82, 2.24) is 0 Å². The van der Waals surface area contributed by atoms with Crippen molar-refractivity contribution in [3.8, 4) is 0 Å². The third-order valence-corrected chi connectivity index (χ3v) is 6.10. The molecule has 1 aromatic rings. The highest BCUT2D eigenvalue weighted by molar-refractivity contribution is 9.11. The second-order valence-electron chi connectivity index (χ2n) is 5.94. The maximum Gasteiger partial charge on any atom is 0.0670 e. The summed E-state index contributed by atoms with van der Waals surface area (Å²) in [6.45, 7) is 2.94. The lowest BCUT2D eigenvalue weighted by Gasteiger charge is -2.54. The van der Waals surface area contributed by atoms with Crippen LogP contribution in [0.25, 0.3) is 0 Å². The van der Waals surface area contributed by atoms with Crippen LogP contribution in [0.1, 0.15) is 39.0 Å². The van der Waals surface area contributed by atoms with Gasteiger partial charge in [0.05, 0.1) is 6.10 Å². The quantitative estimate of drug-likeness (QED) is 0.731. The van der Waals surface area contributed by atoms with Gasteiger partial charge in [-0.05, 0) is 60.3 Å². The maximum absolute atomic E-state index is 5.97. The van der Waals surface area contributed by atoms with Gasteiger partial charge in [-0.25, -0.2) is 0 Å². The third-order valence-electron chi connectivity index (χ3n) is 4.95. The van der Waals surface area contributed by atoms with Crippen molar-refractivity contribution in [1.29, 1.82) is 0 Å². The van der Waals surface area contributed by atoms with Gasteiger partial charge in [0.2, 0.25) is 0 Å². The highest BCUT2D eigenvalue weighted by Crippen LogP contribution is 2.55. The molecule has 2 nitrogen and oxygen atoms in total. The molecule has 0 bridgehead atoms. The minimum atomic E-state index is 0.378. The summed E-state index contributed by atoms with van der Waals surface area (Å²) >= 11 is 7.15. The highest BCUT2D eigenvalue weighted by atomic mass is 79.9. The highest BCUT2D eigenvalue weighted by Gasteiger charge is 2.56. The molecule has 2 aliphatic carbocycles. The first-order valence-electron chi connectivity index (χ1n) is 7.49. The summed E-state index contributed by atoms with van der Waals surface area (Å²) in [6.07, 6.45) is 6.91. The number of hydrogen-bond donors (Lipinski definition) is 1. The number of rotatable bonds is 4. The lowest BCUT2D eigenvalue weighted by molar-refractivity contribution is -0.114. The summed E-state index contributed by atoms with van der Waals surface area (Å²) in [5.74, 6) is 0.